The van der Waals surface area contributed by atoms with Gasteiger partial charge >= 0.3 is 0 Å². The monoisotopic (exact) mass is 298 g/mol. The fourth-order valence-electron chi connectivity index (χ4n) is 0.803. The van der Waals surface area contributed by atoms with Crippen molar-refractivity contribution in [2.45, 2.75) is 19.8 Å². The maximum atomic E-state index is 11.3. The van der Waals surface area contributed by atoms with E-state index in [2.05, 4.69) is 22.6 Å². The smallest absolute Gasteiger partial charge is 0.224 e. The second kappa shape index (κ2) is 7.25. The molecule has 76 valence electrons. The Bertz CT molecular complexity index is 185. The van der Waals surface area contributed by atoms with Crippen LogP contribution in [-0.2, 0) is 9.59 Å². The third-order valence-electron chi connectivity index (χ3n) is 1.62. The molecule has 0 aliphatic heterocycles. The van der Waals surface area contributed by atoms with Crippen LogP contribution < -0.4 is 5.73 Å². The Labute approximate surface area is 92.0 Å². The fourth-order valence-corrected chi connectivity index (χ4v) is 1.43. The maximum Gasteiger partial charge on any atom is 0.224 e. The summed E-state index contributed by atoms with van der Waals surface area (Å²) in [6.45, 7) is 2.35. The predicted molar refractivity (Wildman–Crippen MR) is 59.6 cm³/mol. The van der Waals surface area contributed by atoms with Gasteiger partial charge in [0, 0.05) is 19.4 Å². The summed E-state index contributed by atoms with van der Waals surface area (Å²) in [6.07, 6.45) is 0.795. The number of alkyl halides is 1. The van der Waals surface area contributed by atoms with Gasteiger partial charge in [0.15, 0.2) is 5.78 Å². The number of amides is 1. The summed E-state index contributed by atoms with van der Waals surface area (Å²) >= 11 is 2.07. The molecule has 0 rings (SSSR count). The van der Waals surface area contributed by atoms with Gasteiger partial charge < -0.3 is 10.6 Å². The Balaban J connectivity index is 4.01. The lowest BCUT2D eigenvalue weighted by atomic mass is 10.3. The van der Waals surface area contributed by atoms with Gasteiger partial charge in [-0.05, 0) is 0 Å². The van der Waals surface area contributed by atoms with Crippen molar-refractivity contribution in [3.05, 3.63) is 0 Å². The Hall–Kier alpha value is -0.170. The van der Waals surface area contributed by atoms with Crippen molar-refractivity contribution in [2.75, 3.05) is 17.6 Å². The molecule has 0 saturated heterocycles. The van der Waals surface area contributed by atoms with Crippen molar-refractivity contribution < 1.29 is 9.59 Å². The molecule has 0 saturated carbocycles. The molecule has 5 heteroatoms. The highest BCUT2D eigenvalue weighted by Gasteiger charge is 2.13. The number of nitrogens with zero attached hydrogens (tertiary/aromatic N) is 1. The highest BCUT2D eigenvalue weighted by atomic mass is 127. The summed E-state index contributed by atoms with van der Waals surface area (Å²) in [5.74, 6) is 0.0423. The Morgan fingerprint density at radius 2 is 2.08 bits per heavy atom. The number of carbonyl (C=O) groups excluding carboxylic acids is 2. The highest BCUT2D eigenvalue weighted by molar-refractivity contribution is 14.1. The molecule has 0 bridgehead atoms. The minimum Gasteiger partial charge on any atom is -0.330 e. The summed E-state index contributed by atoms with van der Waals surface area (Å²) in [4.78, 5) is 23.9. The zero-order chi connectivity index (χ0) is 10.3. The van der Waals surface area contributed by atoms with E-state index in [1.807, 2.05) is 0 Å². The SMILES string of the molecule is CCC(=O)CN(CI)C(=O)CCN. The molecule has 0 atom stereocenters. The third kappa shape index (κ3) is 5.20. The van der Waals surface area contributed by atoms with Gasteiger partial charge in [-0.2, -0.15) is 0 Å². The predicted octanol–water partition coefficient (Wildman–Crippen LogP) is 0.535. The lowest BCUT2D eigenvalue weighted by Gasteiger charge is -2.18. The van der Waals surface area contributed by atoms with E-state index in [0.29, 0.717) is 23.9 Å². The van der Waals surface area contributed by atoms with Gasteiger partial charge in [0.1, 0.15) is 0 Å². The van der Waals surface area contributed by atoms with E-state index in [0.717, 1.165) is 0 Å². The number of hydrogen-bond acceptors (Lipinski definition) is 3. The first kappa shape index (κ1) is 12.8. The van der Waals surface area contributed by atoms with Crippen LogP contribution in [0.4, 0.5) is 0 Å². The average molecular weight is 298 g/mol. The van der Waals surface area contributed by atoms with Gasteiger partial charge in [0.25, 0.3) is 0 Å². The molecule has 0 aromatic carbocycles. The fraction of sp³-hybridized carbons (Fsp3) is 0.750. The molecule has 13 heavy (non-hydrogen) atoms. The lowest BCUT2D eigenvalue weighted by Crippen LogP contribution is -2.35. The molecular weight excluding hydrogens is 283 g/mol. The van der Waals surface area contributed by atoms with Crippen LogP contribution in [0.5, 0.6) is 0 Å². The standard InChI is InChI=1S/C8H15IN2O2/c1-2-7(12)5-11(6-9)8(13)3-4-10/h2-6,10H2,1H3. The summed E-state index contributed by atoms with van der Waals surface area (Å²) in [5, 5.41) is 0. The number of carbonyl (C=O) groups is 2. The van der Waals surface area contributed by atoms with Crippen molar-refractivity contribution in [1.29, 1.82) is 0 Å². The van der Waals surface area contributed by atoms with E-state index in [4.69, 9.17) is 5.73 Å². The van der Waals surface area contributed by atoms with Crippen molar-refractivity contribution in [3.8, 4) is 0 Å². The third-order valence-corrected chi connectivity index (χ3v) is 2.44. The summed E-state index contributed by atoms with van der Waals surface area (Å²) in [6, 6.07) is 0. The molecule has 0 spiro atoms. The molecule has 0 aromatic heterocycles. The number of hydrogen-bond donors (Lipinski definition) is 1. The summed E-state index contributed by atoms with van der Waals surface area (Å²) < 4.78 is 0.544. The number of ketones is 1. The Morgan fingerprint density at radius 3 is 2.46 bits per heavy atom. The van der Waals surface area contributed by atoms with Crippen molar-refractivity contribution in [3.63, 3.8) is 0 Å². The van der Waals surface area contributed by atoms with Gasteiger partial charge in [0.05, 0.1) is 11.1 Å². The van der Waals surface area contributed by atoms with Crippen LogP contribution in [-0.4, -0.2) is 34.2 Å². The Kier molecular flexibility index (Phi) is 7.16. The molecule has 0 radical (unpaired) electrons. The molecule has 0 aromatic rings. The van der Waals surface area contributed by atoms with E-state index in [1.54, 1.807) is 6.92 Å². The maximum absolute atomic E-state index is 11.3. The molecular formula is C8H15IN2O2. The minimum absolute atomic E-state index is 0.0429. The van der Waals surface area contributed by atoms with Crippen LogP contribution in [0, 0.1) is 0 Å². The molecule has 2 N–H and O–H groups in total. The topological polar surface area (TPSA) is 63.4 Å². The van der Waals surface area contributed by atoms with Gasteiger partial charge in [-0.25, -0.2) is 0 Å². The minimum atomic E-state index is -0.0429. The zero-order valence-corrected chi connectivity index (χ0v) is 9.91. The number of halogens is 1. The van der Waals surface area contributed by atoms with Gasteiger partial charge in [-0.1, -0.05) is 29.5 Å². The lowest BCUT2D eigenvalue weighted by molar-refractivity contribution is -0.134. The van der Waals surface area contributed by atoms with Crippen LogP contribution in [0.3, 0.4) is 0 Å². The largest absolute Gasteiger partial charge is 0.330 e. The number of rotatable bonds is 6. The van der Waals surface area contributed by atoms with Crippen molar-refractivity contribution >= 4 is 34.3 Å². The number of nitrogens with two attached hydrogens (primary N) is 1. The van der Waals surface area contributed by atoms with Crippen LogP contribution in [0.25, 0.3) is 0 Å². The highest BCUT2D eigenvalue weighted by Crippen LogP contribution is 1.99. The molecule has 0 fully saturated rings. The second-order valence-electron chi connectivity index (χ2n) is 2.64. The van der Waals surface area contributed by atoms with E-state index < -0.39 is 0 Å². The van der Waals surface area contributed by atoms with Crippen LogP contribution in [0.1, 0.15) is 19.8 Å². The zero-order valence-electron chi connectivity index (χ0n) is 7.75. The molecule has 0 unspecified atom stereocenters. The Morgan fingerprint density at radius 1 is 1.46 bits per heavy atom. The van der Waals surface area contributed by atoms with E-state index in [1.165, 1.54) is 4.90 Å². The van der Waals surface area contributed by atoms with Crippen LogP contribution >= 0.6 is 22.6 Å². The van der Waals surface area contributed by atoms with E-state index >= 15 is 0 Å². The molecule has 0 heterocycles. The average Bonchev–Trinajstić information content (AvgIpc) is 2.14. The summed E-state index contributed by atoms with van der Waals surface area (Å²) in [7, 11) is 0. The first-order chi connectivity index (χ1) is 6.15. The van der Waals surface area contributed by atoms with Crippen molar-refractivity contribution in [1.82, 2.24) is 4.90 Å². The van der Waals surface area contributed by atoms with Gasteiger partial charge in [-0.15, -0.1) is 0 Å². The van der Waals surface area contributed by atoms with Crippen molar-refractivity contribution in [2.24, 2.45) is 5.73 Å². The normalized spacial score (nSPS) is 9.77. The van der Waals surface area contributed by atoms with Gasteiger partial charge in [-0.3, -0.25) is 9.59 Å². The second-order valence-corrected chi connectivity index (χ2v) is 3.32. The quantitative estimate of drug-likeness (QED) is 0.442. The van der Waals surface area contributed by atoms with Gasteiger partial charge in [0.2, 0.25) is 5.91 Å². The van der Waals surface area contributed by atoms with E-state index in [9.17, 15) is 9.59 Å². The van der Waals surface area contributed by atoms with E-state index in [-0.39, 0.29) is 18.2 Å². The summed E-state index contributed by atoms with van der Waals surface area (Å²) in [5.41, 5.74) is 5.25. The van der Waals surface area contributed by atoms with Crippen LogP contribution in [0.15, 0.2) is 0 Å². The molecule has 4 nitrogen and oxygen atoms in total. The van der Waals surface area contributed by atoms with Crippen LogP contribution in [0.2, 0.25) is 0 Å². The number of Topliss-reactive ketones (excluding diaryl/α,β-unsaturated/α-hetero) is 1. The molecule has 0 aliphatic rings. The first-order valence-electron chi connectivity index (χ1n) is 4.21. The molecule has 0 aliphatic carbocycles. The first-order valence-corrected chi connectivity index (χ1v) is 5.73. The molecule has 1 amide bonds.